The summed E-state index contributed by atoms with van der Waals surface area (Å²) in [5.74, 6) is 0. The van der Waals surface area contributed by atoms with Gasteiger partial charge >= 0.3 is 0 Å². The number of imidazole rings is 1. The van der Waals surface area contributed by atoms with Crippen molar-refractivity contribution in [2.24, 2.45) is 7.05 Å². The third-order valence-corrected chi connectivity index (χ3v) is 3.53. The maximum atomic E-state index is 5.94. The van der Waals surface area contributed by atoms with Crippen LogP contribution in [-0.2, 0) is 11.8 Å². The second-order valence-electron chi connectivity index (χ2n) is 4.88. The Bertz CT molecular complexity index is 348. The first-order valence-corrected chi connectivity index (χ1v) is 6.74. The van der Waals surface area contributed by atoms with Gasteiger partial charge in [0, 0.05) is 26.3 Å². The number of aromatic nitrogens is 2. The average molecular weight is 252 g/mol. The van der Waals surface area contributed by atoms with Crippen LogP contribution in [-0.4, -0.2) is 53.8 Å². The second-order valence-corrected chi connectivity index (χ2v) is 4.88. The van der Waals surface area contributed by atoms with Crippen LogP contribution in [0.4, 0.5) is 0 Å². The fraction of sp³-hybridized carbons (Fsp3) is 0.769. The van der Waals surface area contributed by atoms with Gasteiger partial charge in [0.25, 0.3) is 0 Å². The van der Waals surface area contributed by atoms with Crippen LogP contribution in [0.5, 0.6) is 0 Å². The smallest absolute Gasteiger partial charge is 0.0946 e. The molecule has 1 N–H and O–H groups in total. The zero-order valence-corrected chi connectivity index (χ0v) is 11.6. The highest BCUT2D eigenvalue weighted by Crippen LogP contribution is 2.28. The summed E-state index contributed by atoms with van der Waals surface area (Å²) in [5, 5.41) is 3.23. The number of hydrogen-bond donors (Lipinski definition) is 1. The fourth-order valence-corrected chi connectivity index (χ4v) is 2.73. The van der Waals surface area contributed by atoms with Gasteiger partial charge in [-0.05, 0) is 20.0 Å². The standard InChI is InChI=1S/C13H24N4O/c1-4-5-17-6-7-18-12(9-14-2)13(17)11-8-15-10-16(11)3/h8,10,12-14H,4-7,9H2,1-3H3. The van der Waals surface area contributed by atoms with Crippen LogP contribution in [0.3, 0.4) is 0 Å². The van der Waals surface area contributed by atoms with E-state index in [4.69, 9.17) is 4.74 Å². The molecule has 1 aliphatic rings. The normalized spacial score (nSPS) is 25.5. The van der Waals surface area contributed by atoms with E-state index in [2.05, 4.69) is 33.7 Å². The summed E-state index contributed by atoms with van der Waals surface area (Å²) < 4.78 is 8.04. The minimum Gasteiger partial charge on any atom is -0.374 e. The van der Waals surface area contributed by atoms with Crippen LogP contribution < -0.4 is 5.32 Å². The Morgan fingerprint density at radius 1 is 1.56 bits per heavy atom. The topological polar surface area (TPSA) is 42.3 Å². The molecule has 1 aromatic heterocycles. The quantitative estimate of drug-likeness (QED) is 0.841. The van der Waals surface area contributed by atoms with Crippen molar-refractivity contribution in [3.63, 3.8) is 0 Å². The first kappa shape index (κ1) is 13.5. The summed E-state index contributed by atoms with van der Waals surface area (Å²) >= 11 is 0. The van der Waals surface area contributed by atoms with Crippen LogP contribution in [0.15, 0.2) is 12.5 Å². The Labute approximate surface area is 109 Å². The average Bonchev–Trinajstić information content (AvgIpc) is 2.77. The highest BCUT2D eigenvalue weighted by Gasteiger charge is 2.34. The lowest BCUT2D eigenvalue weighted by Crippen LogP contribution is -2.49. The lowest BCUT2D eigenvalue weighted by atomic mass is 10.0. The molecule has 18 heavy (non-hydrogen) atoms. The molecule has 0 aliphatic carbocycles. The van der Waals surface area contributed by atoms with Gasteiger partial charge in [0.1, 0.15) is 0 Å². The highest BCUT2D eigenvalue weighted by atomic mass is 16.5. The number of ether oxygens (including phenoxy) is 1. The van der Waals surface area contributed by atoms with E-state index >= 15 is 0 Å². The first-order valence-electron chi connectivity index (χ1n) is 6.74. The molecule has 5 heteroatoms. The van der Waals surface area contributed by atoms with Crippen LogP contribution in [0, 0.1) is 0 Å². The predicted octanol–water partition coefficient (Wildman–Crippen LogP) is 0.791. The van der Waals surface area contributed by atoms with Crippen LogP contribution in [0.2, 0.25) is 0 Å². The molecule has 2 heterocycles. The summed E-state index contributed by atoms with van der Waals surface area (Å²) in [7, 11) is 4.03. The molecule has 5 nitrogen and oxygen atoms in total. The largest absolute Gasteiger partial charge is 0.374 e. The molecule has 0 bridgehead atoms. The molecule has 102 valence electrons. The molecule has 1 saturated heterocycles. The van der Waals surface area contributed by atoms with Gasteiger partial charge in [-0.2, -0.15) is 0 Å². The minimum absolute atomic E-state index is 0.200. The zero-order valence-electron chi connectivity index (χ0n) is 11.6. The van der Waals surface area contributed by atoms with Crippen molar-refractivity contribution in [1.29, 1.82) is 0 Å². The Morgan fingerprint density at radius 2 is 2.39 bits per heavy atom. The fourth-order valence-electron chi connectivity index (χ4n) is 2.73. The zero-order chi connectivity index (χ0) is 13.0. The number of nitrogens with zero attached hydrogens (tertiary/aromatic N) is 3. The van der Waals surface area contributed by atoms with Crippen molar-refractivity contribution >= 4 is 0 Å². The number of likely N-dealkylation sites (N-methyl/N-ethyl adjacent to an activating group) is 1. The molecule has 0 spiro atoms. The SMILES string of the molecule is CCCN1CCOC(CNC)C1c1cncn1C. The Balaban J connectivity index is 2.23. The Hall–Kier alpha value is -0.910. The predicted molar refractivity (Wildman–Crippen MR) is 71.5 cm³/mol. The monoisotopic (exact) mass is 252 g/mol. The molecule has 2 rings (SSSR count). The maximum Gasteiger partial charge on any atom is 0.0946 e. The molecule has 0 radical (unpaired) electrons. The molecule has 0 amide bonds. The first-order chi connectivity index (χ1) is 8.77. The molecule has 1 aliphatic heterocycles. The summed E-state index contributed by atoms with van der Waals surface area (Å²) in [6.45, 7) is 6.03. The molecule has 0 saturated carbocycles. The van der Waals surface area contributed by atoms with Crippen molar-refractivity contribution < 1.29 is 4.74 Å². The molecular formula is C13H24N4O. The third-order valence-electron chi connectivity index (χ3n) is 3.53. The molecular weight excluding hydrogens is 228 g/mol. The molecule has 1 aromatic rings. The number of rotatable bonds is 5. The molecule has 2 unspecified atom stereocenters. The van der Waals surface area contributed by atoms with Gasteiger partial charge < -0.3 is 14.6 Å². The Morgan fingerprint density at radius 3 is 3.00 bits per heavy atom. The summed E-state index contributed by atoms with van der Waals surface area (Å²) in [6.07, 6.45) is 5.20. The van der Waals surface area contributed by atoms with Gasteiger partial charge in [0.15, 0.2) is 0 Å². The molecule has 0 aromatic carbocycles. The van der Waals surface area contributed by atoms with E-state index in [1.165, 1.54) is 12.1 Å². The van der Waals surface area contributed by atoms with Crippen molar-refractivity contribution in [3.05, 3.63) is 18.2 Å². The molecule has 1 fully saturated rings. The van der Waals surface area contributed by atoms with Crippen LogP contribution in [0.25, 0.3) is 0 Å². The van der Waals surface area contributed by atoms with Gasteiger partial charge in [-0.3, -0.25) is 4.90 Å². The van der Waals surface area contributed by atoms with E-state index in [-0.39, 0.29) is 6.10 Å². The lowest BCUT2D eigenvalue weighted by Gasteiger charge is -2.41. The van der Waals surface area contributed by atoms with Gasteiger partial charge in [-0.15, -0.1) is 0 Å². The minimum atomic E-state index is 0.200. The summed E-state index contributed by atoms with van der Waals surface area (Å²) in [5.41, 5.74) is 1.24. The highest BCUT2D eigenvalue weighted by molar-refractivity contribution is 5.09. The second kappa shape index (κ2) is 6.31. The van der Waals surface area contributed by atoms with Crippen molar-refractivity contribution in [3.8, 4) is 0 Å². The van der Waals surface area contributed by atoms with Gasteiger partial charge in [0.05, 0.1) is 30.8 Å². The third kappa shape index (κ3) is 2.74. The van der Waals surface area contributed by atoms with E-state index in [0.29, 0.717) is 6.04 Å². The van der Waals surface area contributed by atoms with Crippen LogP contribution in [0.1, 0.15) is 25.1 Å². The van der Waals surface area contributed by atoms with Crippen molar-refractivity contribution in [2.45, 2.75) is 25.5 Å². The van der Waals surface area contributed by atoms with E-state index in [1.807, 2.05) is 19.6 Å². The van der Waals surface area contributed by atoms with E-state index in [1.54, 1.807) is 0 Å². The molecule has 2 atom stereocenters. The number of aryl methyl sites for hydroxylation is 1. The van der Waals surface area contributed by atoms with Crippen LogP contribution >= 0.6 is 0 Å². The van der Waals surface area contributed by atoms with E-state index in [9.17, 15) is 0 Å². The summed E-state index contributed by atoms with van der Waals surface area (Å²) in [4.78, 5) is 6.76. The van der Waals surface area contributed by atoms with Crippen molar-refractivity contribution in [1.82, 2.24) is 19.8 Å². The number of nitrogens with one attached hydrogen (secondary N) is 1. The van der Waals surface area contributed by atoms with Crippen molar-refractivity contribution in [2.75, 3.05) is 33.3 Å². The number of hydrogen-bond acceptors (Lipinski definition) is 4. The Kier molecular flexibility index (Phi) is 4.74. The number of morpholine rings is 1. The van der Waals surface area contributed by atoms with E-state index in [0.717, 1.165) is 26.2 Å². The summed E-state index contributed by atoms with van der Waals surface area (Å²) in [6, 6.07) is 0.304. The van der Waals surface area contributed by atoms with Gasteiger partial charge in [0.2, 0.25) is 0 Å². The maximum absolute atomic E-state index is 5.94. The van der Waals surface area contributed by atoms with Gasteiger partial charge in [-0.25, -0.2) is 4.98 Å². The van der Waals surface area contributed by atoms with E-state index < -0.39 is 0 Å². The lowest BCUT2D eigenvalue weighted by molar-refractivity contribution is -0.0725. The van der Waals surface area contributed by atoms with Gasteiger partial charge in [-0.1, -0.05) is 6.92 Å².